The number of sulfonamides is 1. The van der Waals surface area contributed by atoms with Crippen molar-refractivity contribution in [2.24, 2.45) is 4.40 Å². The van der Waals surface area contributed by atoms with Gasteiger partial charge in [-0.1, -0.05) is 35.3 Å². The van der Waals surface area contributed by atoms with Crippen LogP contribution in [0.1, 0.15) is 5.56 Å². The van der Waals surface area contributed by atoms with Gasteiger partial charge in [0.05, 0.1) is 0 Å². The quantitative estimate of drug-likeness (QED) is 0.788. The predicted octanol–water partition coefficient (Wildman–Crippen LogP) is 3.18. The van der Waals surface area contributed by atoms with Crippen LogP contribution in [0.15, 0.2) is 28.7 Å². The van der Waals surface area contributed by atoms with Crippen LogP contribution in [0.2, 0.25) is 5.02 Å². The van der Waals surface area contributed by atoms with Crippen LogP contribution in [0.4, 0.5) is 13.2 Å². The molecule has 0 N–H and O–H groups in total. The number of nitrogens with zero attached hydrogens (tertiary/aromatic N) is 1. The summed E-state index contributed by atoms with van der Waals surface area (Å²) >= 11 is 10.9. The molecule has 0 aliphatic heterocycles. The summed E-state index contributed by atoms with van der Waals surface area (Å²) in [5, 5.41) is -0.448. The van der Waals surface area contributed by atoms with Crippen LogP contribution in [0.25, 0.3) is 0 Å². The van der Waals surface area contributed by atoms with Gasteiger partial charge in [-0.3, -0.25) is 0 Å². The van der Waals surface area contributed by atoms with Crippen LogP contribution in [0.5, 0.6) is 0 Å². The maximum atomic E-state index is 12.0. The molecule has 17 heavy (non-hydrogen) atoms. The largest absolute Gasteiger partial charge is 0.518 e. The first-order valence-electron chi connectivity index (χ1n) is 3.96. The highest BCUT2D eigenvalue weighted by Crippen LogP contribution is 2.26. The standard InChI is InChI=1S/C8H4Cl2F3NO2S/c9-6-3-1-5(2-4-6)7(10)14-17(15,16)8(11,12)13/h1-4H/b14-7-. The molecule has 3 nitrogen and oxygen atoms in total. The molecule has 0 amide bonds. The minimum absolute atomic E-state index is 0.0175. The third-order valence-electron chi connectivity index (χ3n) is 1.58. The van der Waals surface area contributed by atoms with Gasteiger partial charge >= 0.3 is 15.5 Å². The monoisotopic (exact) mass is 305 g/mol. The molecule has 94 valence electrons. The molecule has 0 aromatic heterocycles. The summed E-state index contributed by atoms with van der Waals surface area (Å²) < 4.78 is 59.8. The summed E-state index contributed by atoms with van der Waals surface area (Å²) in [5.74, 6) is 0. The summed E-state index contributed by atoms with van der Waals surface area (Å²) in [7, 11) is -5.63. The van der Waals surface area contributed by atoms with Gasteiger partial charge in [0.25, 0.3) is 0 Å². The molecule has 1 aromatic carbocycles. The van der Waals surface area contributed by atoms with Crippen LogP contribution in [0.3, 0.4) is 0 Å². The Hall–Kier alpha value is -0.790. The van der Waals surface area contributed by atoms with Gasteiger partial charge in [-0.25, -0.2) is 0 Å². The Labute approximate surface area is 105 Å². The van der Waals surface area contributed by atoms with Gasteiger partial charge in [0.15, 0.2) is 0 Å². The van der Waals surface area contributed by atoms with E-state index in [1.165, 1.54) is 24.3 Å². The van der Waals surface area contributed by atoms with Crippen molar-refractivity contribution >= 4 is 38.4 Å². The molecule has 0 aliphatic rings. The van der Waals surface area contributed by atoms with Crippen molar-refractivity contribution in [3.8, 4) is 0 Å². The van der Waals surface area contributed by atoms with Crippen LogP contribution < -0.4 is 0 Å². The van der Waals surface area contributed by atoms with E-state index in [0.717, 1.165) is 0 Å². The SMILES string of the molecule is O=S(=O)(/N=C(\Cl)c1ccc(Cl)cc1)C(F)(F)F. The molecule has 0 spiro atoms. The third kappa shape index (κ3) is 3.58. The fourth-order valence-electron chi connectivity index (χ4n) is 0.797. The zero-order valence-corrected chi connectivity index (χ0v) is 10.2. The molecule has 0 radical (unpaired) electrons. The summed E-state index contributed by atoms with van der Waals surface area (Å²) in [6.45, 7) is 0. The van der Waals surface area contributed by atoms with Crippen LogP contribution >= 0.6 is 23.2 Å². The third-order valence-corrected chi connectivity index (χ3v) is 3.24. The lowest BCUT2D eigenvalue weighted by atomic mass is 10.2. The molecule has 9 heteroatoms. The summed E-state index contributed by atoms with van der Waals surface area (Å²) in [4.78, 5) is 0. The first-order valence-corrected chi connectivity index (χ1v) is 6.16. The summed E-state index contributed by atoms with van der Waals surface area (Å²) in [6.07, 6.45) is 0. The van der Waals surface area contributed by atoms with Gasteiger partial charge in [-0.15, -0.1) is 4.40 Å². The fourth-order valence-corrected chi connectivity index (χ4v) is 1.74. The van der Waals surface area contributed by atoms with Gasteiger partial charge in [-0.05, 0) is 12.1 Å². The highest BCUT2D eigenvalue weighted by molar-refractivity contribution is 7.91. The lowest BCUT2D eigenvalue weighted by Gasteiger charge is -2.03. The summed E-state index contributed by atoms with van der Waals surface area (Å²) in [6, 6.07) is 5.18. The molecule has 0 heterocycles. The smallest absolute Gasteiger partial charge is 0.195 e. The minimum atomic E-state index is -5.63. The lowest BCUT2D eigenvalue weighted by molar-refractivity contribution is -0.0435. The number of benzene rings is 1. The van der Waals surface area contributed by atoms with Crippen molar-refractivity contribution in [1.29, 1.82) is 0 Å². The molecule has 0 bridgehead atoms. The molecule has 0 unspecified atom stereocenters. The Kier molecular flexibility index (Phi) is 4.06. The van der Waals surface area contributed by atoms with Crippen molar-refractivity contribution < 1.29 is 21.6 Å². The topological polar surface area (TPSA) is 46.5 Å². The van der Waals surface area contributed by atoms with Crippen molar-refractivity contribution in [2.45, 2.75) is 5.51 Å². The van der Waals surface area contributed by atoms with Gasteiger partial charge < -0.3 is 0 Å². The molecular weight excluding hydrogens is 302 g/mol. The van der Waals surface area contributed by atoms with Crippen LogP contribution in [0, 0.1) is 0 Å². The molecule has 0 atom stereocenters. The van der Waals surface area contributed by atoms with E-state index in [2.05, 4.69) is 4.40 Å². The van der Waals surface area contributed by atoms with E-state index in [-0.39, 0.29) is 5.56 Å². The van der Waals surface area contributed by atoms with E-state index in [9.17, 15) is 21.6 Å². The zero-order valence-electron chi connectivity index (χ0n) is 7.87. The van der Waals surface area contributed by atoms with Crippen LogP contribution in [-0.4, -0.2) is 19.1 Å². The van der Waals surface area contributed by atoms with E-state index in [1.807, 2.05) is 0 Å². The second kappa shape index (κ2) is 4.83. The molecule has 0 fully saturated rings. The highest BCUT2D eigenvalue weighted by atomic mass is 35.5. The van der Waals surface area contributed by atoms with Crippen molar-refractivity contribution in [1.82, 2.24) is 0 Å². The Morgan fingerprint density at radius 1 is 1.18 bits per heavy atom. The van der Waals surface area contributed by atoms with Gasteiger partial charge in [0.1, 0.15) is 5.17 Å². The van der Waals surface area contributed by atoms with Crippen molar-refractivity contribution in [2.75, 3.05) is 0 Å². The summed E-state index contributed by atoms with van der Waals surface area (Å²) in [5.41, 5.74) is -5.46. The average molecular weight is 306 g/mol. The fraction of sp³-hybridized carbons (Fsp3) is 0.125. The van der Waals surface area contributed by atoms with E-state index in [1.54, 1.807) is 0 Å². The lowest BCUT2D eigenvalue weighted by Crippen LogP contribution is -2.21. The highest BCUT2D eigenvalue weighted by Gasteiger charge is 2.46. The Morgan fingerprint density at radius 3 is 2.06 bits per heavy atom. The second-order valence-corrected chi connectivity index (χ2v) is 5.20. The van der Waals surface area contributed by atoms with E-state index >= 15 is 0 Å². The number of alkyl halides is 3. The molecule has 1 rings (SSSR count). The molecular formula is C8H4Cl2F3NO2S. The normalized spacial score (nSPS) is 13.8. The molecule has 0 saturated heterocycles. The van der Waals surface area contributed by atoms with E-state index in [4.69, 9.17) is 23.2 Å². The maximum Gasteiger partial charge on any atom is 0.518 e. The van der Waals surface area contributed by atoms with Gasteiger partial charge in [0.2, 0.25) is 0 Å². The number of halogens is 5. The van der Waals surface area contributed by atoms with Crippen molar-refractivity contribution in [3.63, 3.8) is 0 Å². The Morgan fingerprint density at radius 2 is 1.65 bits per heavy atom. The van der Waals surface area contributed by atoms with Gasteiger partial charge in [0, 0.05) is 10.6 Å². The van der Waals surface area contributed by atoms with Gasteiger partial charge in [-0.2, -0.15) is 21.6 Å². The minimum Gasteiger partial charge on any atom is -0.195 e. The average Bonchev–Trinajstić information content (AvgIpc) is 2.16. The Balaban J connectivity index is 3.14. The predicted molar refractivity (Wildman–Crippen MR) is 58.8 cm³/mol. The zero-order chi connectivity index (χ0) is 13.3. The van der Waals surface area contributed by atoms with Crippen LogP contribution in [-0.2, 0) is 10.0 Å². The number of rotatable bonds is 2. The number of hydrogen-bond acceptors (Lipinski definition) is 2. The first-order chi connectivity index (χ1) is 7.63. The molecule has 1 aromatic rings. The number of hydrogen-bond donors (Lipinski definition) is 0. The van der Waals surface area contributed by atoms with E-state index < -0.39 is 20.7 Å². The van der Waals surface area contributed by atoms with E-state index in [0.29, 0.717) is 5.02 Å². The first kappa shape index (κ1) is 14.3. The molecule has 0 saturated carbocycles. The molecule has 0 aliphatic carbocycles. The van der Waals surface area contributed by atoms with Crippen molar-refractivity contribution in [3.05, 3.63) is 34.9 Å². The maximum absolute atomic E-state index is 12.0. The second-order valence-electron chi connectivity index (χ2n) is 2.81. The Bertz CT molecular complexity index is 537.